The number of benzene rings is 8. The van der Waals surface area contributed by atoms with Gasteiger partial charge in [-0.25, -0.2) is 0 Å². The third-order valence-corrected chi connectivity index (χ3v) is 17.9. The maximum atomic E-state index is 6.46. The van der Waals surface area contributed by atoms with E-state index in [-0.39, 0.29) is 5.41 Å². The van der Waals surface area contributed by atoms with Crippen molar-refractivity contribution in [2.75, 3.05) is 4.90 Å². The van der Waals surface area contributed by atoms with E-state index in [0.29, 0.717) is 0 Å². The number of rotatable bonds is 6. The van der Waals surface area contributed by atoms with Crippen LogP contribution < -0.4 is 4.90 Å². The Morgan fingerprint density at radius 3 is 1.66 bits per heavy atom. The van der Waals surface area contributed by atoms with Crippen LogP contribution >= 0.6 is 0 Å². The summed E-state index contributed by atoms with van der Waals surface area (Å²) in [5.41, 5.74) is 19.1. The van der Waals surface area contributed by atoms with Gasteiger partial charge in [-0.3, -0.25) is 0 Å². The lowest BCUT2D eigenvalue weighted by Crippen LogP contribution is -2.70. The molecule has 5 atom stereocenters. The number of fused-ring (bicyclic) bond motifs is 6. The zero-order valence-electron chi connectivity index (χ0n) is 35.9. The number of hydrogen-bond donors (Lipinski definition) is 0. The zero-order valence-corrected chi connectivity index (χ0v) is 35.9. The first-order valence-corrected chi connectivity index (χ1v) is 24.0. The standard InChI is InChI=1S/C62H49NO/c1-2-9-38(10-3-1)39-17-24-44(25-18-39)63(46-28-21-41(22-29-46)47-13-8-14-51-50-12-5-7-16-59(50)64-61(47)51)45-26-19-40(20-27-45)42-23-30-49-48-11-4-6-15-57(48)62(58(49)34-42)43-35-53-52-31-37-32-55(53)60(62)56(33-37)54(52)36-43/h1-30,34,37,43,52-56,60H,31-33,35-36H2. The highest BCUT2D eigenvalue weighted by Gasteiger charge is 2.73. The molecule has 9 aromatic rings. The van der Waals surface area contributed by atoms with Crippen LogP contribution in [0.4, 0.5) is 17.1 Å². The van der Waals surface area contributed by atoms with E-state index in [1.807, 2.05) is 6.07 Å². The Bertz CT molecular complexity index is 3280. The number of anilines is 3. The van der Waals surface area contributed by atoms with E-state index in [4.69, 9.17) is 4.42 Å². The van der Waals surface area contributed by atoms with Gasteiger partial charge in [0, 0.05) is 38.8 Å². The molecule has 2 nitrogen and oxygen atoms in total. The Morgan fingerprint density at radius 1 is 0.391 bits per heavy atom. The Kier molecular flexibility index (Phi) is 7.38. The monoisotopic (exact) mass is 823 g/mol. The summed E-state index contributed by atoms with van der Waals surface area (Å²) in [5, 5.41) is 2.30. The quantitative estimate of drug-likeness (QED) is 0.166. The van der Waals surface area contributed by atoms with E-state index in [9.17, 15) is 0 Å². The molecule has 0 aliphatic heterocycles. The number of furan rings is 1. The summed E-state index contributed by atoms with van der Waals surface area (Å²) in [4.78, 5) is 2.40. The van der Waals surface area contributed by atoms with E-state index in [2.05, 4.69) is 187 Å². The molecule has 17 rings (SSSR count). The van der Waals surface area contributed by atoms with Gasteiger partial charge in [-0.05, 0) is 178 Å². The predicted octanol–water partition coefficient (Wildman–Crippen LogP) is 16.3. The summed E-state index contributed by atoms with van der Waals surface area (Å²) in [6.45, 7) is 0. The average Bonchev–Trinajstić information content (AvgIpc) is 3.88. The lowest BCUT2D eigenvalue weighted by molar-refractivity contribution is -0.231. The molecule has 0 amide bonds. The second-order valence-corrected chi connectivity index (χ2v) is 20.4. The van der Waals surface area contributed by atoms with Gasteiger partial charge in [0.2, 0.25) is 0 Å². The average molecular weight is 824 g/mol. The lowest BCUT2D eigenvalue weighted by atomic mass is 9.29. The van der Waals surface area contributed by atoms with Crippen LogP contribution in [-0.4, -0.2) is 0 Å². The minimum Gasteiger partial charge on any atom is -0.455 e. The van der Waals surface area contributed by atoms with Crippen LogP contribution in [0.15, 0.2) is 192 Å². The van der Waals surface area contributed by atoms with Gasteiger partial charge in [0.15, 0.2) is 0 Å². The van der Waals surface area contributed by atoms with E-state index < -0.39 is 0 Å². The van der Waals surface area contributed by atoms with E-state index in [1.54, 1.807) is 17.5 Å². The molecular weight excluding hydrogens is 775 g/mol. The number of nitrogens with zero attached hydrogens (tertiary/aromatic N) is 1. The van der Waals surface area contributed by atoms with Crippen molar-refractivity contribution in [2.45, 2.75) is 37.5 Å². The Hall–Kier alpha value is -6.64. The van der Waals surface area contributed by atoms with Gasteiger partial charge in [-0.2, -0.15) is 0 Å². The molecule has 7 saturated carbocycles. The second kappa shape index (κ2) is 13.2. The molecule has 0 N–H and O–H groups in total. The lowest BCUT2D eigenvalue weighted by Gasteiger charge is -2.75. The first kappa shape index (κ1) is 35.8. The highest BCUT2D eigenvalue weighted by molar-refractivity contribution is 6.09. The van der Waals surface area contributed by atoms with Gasteiger partial charge in [0.1, 0.15) is 11.2 Å². The first-order chi connectivity index (χ1) is 31.7. The Morgan fingerprint density at radius 2 is 0.922 bits per heavy atom. The third-order valence-electron chi connectivity index (χ3n) is 17.9. The van der Waals surface area contributed by atoms with Gasteiger partial charge < -0.3 is 9.32 Å². The topological polar surface area (TPSA) is 16.4 Å². The Balaban J connectivity index is 0.816. The van der Waals surface area contributed by atoms with Crippen molar-refractivity contribution in [2.24, 2.45) is 47.3 Å². The third kappa shape index (κ3) is 4.81. The van der Waals surface area contributed by atoms with E-state index >= 15 is 0 Å². The zero-order chi connectivity index (χ0) is 41.7. The van der Waals surface area contributed by atoms with Crippen LogP contribution in [0.5, 0.6) is 0 Å². The second-order valence-electron chi connectivity index (χ2n) is 20.4. The Labute approximate surface area is 375 Å². The highest BCUT2D eigenvalue weighted by atomic mass is 16.3. The van der Waals surface area contributed by atoms with Crippen LogP contribution in [0.3, 0.4) is 0 Å². The minimum absolute atomic E-state index is 0.169. The molecular formula is C62H49NO. The molecule has 8 bridgehead atoms. The van der Waals surface area contributed by atoms with Gasteiger partial charge in [-0.15, -0.1) is 0 Å². The summed E-state index contributed by atoms with van der Waals surface area (Å²) < 4.78 is 6.46. The normalized spacial score (nSPS) is 27.4. The first-order valence-electron chi connectivity index (χ1n) is 24.0. The van der Waals surface area contributed by atoms with E-state index in [1.165, 1.54) is 59.1 Å². The van der Waals surface area contributed by atoms with Crippen LogP contribution in [-0.2, 0) is 5.41 Å². The summed E-state index contributed by atoms with van der Waals surface area (Å²) in [5.74, 6) is 7.40. The van der Waals surface area contributed by atoms with Crippen LogP contribution in [0.1, 0.15) is 43.2 Å². The van der Waals surface area contributed by atoms with Crippen molar-refractivity contribution < 1.29 is 4.42 Å². The van der Waals surface area contributed by atoms with Crippen molar-refractivity contribution in [3.8, 4) is 44.5 Å². The van der Waals surface area contributed by atoms with E-state index in [0.717, 1.165) is 97.5 Å². The van der Waals surface area contributed by atoms with Crippen molar-refractivity contribution in [1.29, 1.82) is 0 Å². The maximum Gasteiger partial charge on any atom is 0.143 e. The van der Waals surface area contributed by atoms with Gasteiger partial charge in [-0.1, -0.05) is 140 Å². The molecule has 1 spiro atoms. The summed E-state index contributed by atoms with van der Waals surface area (Å²) in [6, 6.07) is 70.2. The molecule has 0 saturated heterocycles. The summed E-state index contributed by atoms with van der Waals surface area (Å²) >= 11 is 0. The van der Waals surface area contributed by atoms with Crippen LogP contribution in [0.2, 0.25) is 0 Å². The molecule has 308 valence electrons. The van der Waals surface area contributed by atoms with Crippen LogP contribution in [0.25, 0.3) is 66.4 Å². The van der Waals surface area contributed by atoms with Crippen molar-refractivity contribution in [3.63, 3.8) is 0 Å². The van der Waals surface area contributed by atoms with Crippen LogP contribution in [0, 0.1) is 47.3 Å². The van der Waals surface area contributed by atoms with Gasteiger partial charge >= 0.3 is 0 Å². The van der Waals surface area contributed by atoms with Gasteiger partial charge in [0.25, 0.3) is 0 Å². The number of hydrogen-bond acceptors (Lipinski definition) is 2. The summed E-state index contributed by atoms with van der Waals surface area (Å²) in [6.07, 6.45) is 7.44. The fourth-order valence-electron chi connectivity index (χ4n) is 15.8. The predicted molar refractivity (Wildman–Crippen MR) is 262 cm³/mol. The fourth-order valence-corrected chi connectivity index (χ4v) is 15.8. The smallest absolute Gasteiger partial charge is 0.143 e. The molecule has 8 aliphatic rings. The largest absolute Gasteiger partial charge is 0.455 e. The molecule has 1 heterocycles. The fraction of sp³-hybridized carbons (Fsp3) is 0.226. The van der Waals surface area contributed by atoms with Crippen molar-refractivity contribution in [3.05, 3.63) is 199 Å². The van der Waals surface area contributed by atoms with Gasteiger partial charge in [0.05, 0.1) is 0 Å². The maximum absolute atomic E-state index is 6.46. The number of para-hydroxylation sites is 2. The molecule has 64 heavy (non-hydrogen) atoms. The molecule has 7 fully saturated rings. The summed E-state index contributed by atoms with van der Waals surface area (Å²) in [7, 11) is 0. The molecule has 1 aromatic heterocycles. The molecule has 2 heteroatoms. The highest BCUT2D eigenvalue weighted by Crippen LogP contribution is 2.79. The SMILES string of the molecule is c1ccc(-c2ccc(N(c3ccc(-c4ccc5c(c4)C4(c6ccccc6-5)C5CC6C7CC8CC6C4C(C8)C7C5)cc3)c3ccc(-c4cccc5c4oc4ccccc45)cc3)cc2)cc1. The molecule has 0 radical (unpaired) electrons. The molecule has 5 unspecified atom stereocenters. The van der Waals surface area contributed by atoms with Crippen molar-refractivity contribution >= 4 is 39.0 Å². The molecule has 8 aromatic carbocycles. The molecule has 8 aliphatic carbocycles. The van der Waals surface area contributed by atoms with Crippen molar-refractivity contribution in [1.82, 2.24) is 0 Å². The minimum atomic E-state index is 0.169.